The van der Waals surface area contributed by atoms with Crippen LogP contribution < -0.4 is 0 Å². The molecule has 3 nitrogen and oxygen atoms in total. The molecule has 0 fully saturated rings. The fourth-order valence-electron chi connectivity index (χ4n) is 2.40. The molecule has 0 atom stereocenters. The molecule has 1 N–H and O–H groups in total. The summed E-state index contributed by atoms with van der Waals surface area (Å²) in [5.41, 5.74) is 2.78. The summed E-state index contributed by atoms with van der Waals surface area (Å²) in [7, 11) is 0. The highest BCUT2D eigenvalue weighted by atomic mass is 16.3. The Hall–Kier alpha value is -2.03. The number of phenols is 1. The molecule has 0 saturated carbocycles. The summed E-state index contributed by atoms with van der Waals surface area (Å²) >= 11 is 0. The van der Waals surface area contributed by atoms with Crippen molar-refractivity contribution in [1.29, 1.82) is 0 Å². The van der Waals surface area contributed by atoms with Gasteiger partial charge in [-0.05, 0) is 34.6 Å². The molecule has 0 aliphatic heterocycles. The lowest BCUT2D eigenvalue weighted by Gasteiger charge is -2.26. The number of aromatic hydroxyl groups is 1. The van der Waals surface area contributed by atoms with Gasteiger partial charge in [0.1, 0.15) is 11.5 Å². The minimum Gasteiger partial charge on any atom is -0.507 e. The molecule has 0 spiro atoms. The van der Waals surface area contributed by atoms with Crippen LogP contribution in [0.2, 0.25) is 0 Å². The molecule has 3 heteroatoms. The van der Waals surface area contributed by atoms with Crippen molar-refractivity contribution in [2.24, 2.45) is 4.99 Å². The first-order chi connectivity index (χ1) is 10.6. The van der Waals surface area contributed by atoms with Gasteiger partial charge in [0, 0.05) is 17.3 Å². The third kappa shape index (κ3) is 4.25. The van der Waals surface area contributed by atoms with Crippen molar-refractivity contribution in [3.8, 4) is 5.75 Å². The molecule has 1 aromatic carbocycles. The average molecular weight is 313 g/mol. The van der Waals surface area contributed by atoms with Crippen molar-refractivity contribution < 1.29 is 9.52 Å². The van der Waals surface area contributed by atoms with Crippen molar-refractivity contribution in [3.63, 3.8) is 0 Å². The highest BCUT2D eigenvalue weighted by molar-refractivity contribution is 5.85. The second kappa shape index (κ2) is 6.23. The monoisotopic (exact) mass is 313 g/mol. The third-order valence-corrected chi connectivity index (χ3v) is 3.87. The molecule has 0 aliphatic carbocycles. The molecule has 1 heterocycles. The number of aliphatic imine (C=N–C) groups is 1. The molecule has 0 radical (unpaired) electrons. The van der Waals surface area contributed by atoms with Crippen molar-refractivity contribution in [2.45, 2.75) is 58.9 Å². The van der Waals surface area contributed by atoms with E-state index >= 15 is 0 Å². The smallest absolute Gasteiger partial charge is 0.128 e. The standard InChI is InChI=1S/C20H27NO2/c1-19(2,3)15-10-14(12-21-13-16-8-7-9-23-16)18(22)17(11-15)20(4,5)6/h7-12,22H,13H2,1-6H3. The lowest BCUT2D eigenvalue weighted by atomic mass is 9.79. The summed E-state index contributed by atoms with van der Waals surface area (Å²) in [5.74, 6) is 1.12. The van der Waals surface area contributed by atoms with E-state index in [0.29, 0.717) is 12.3 Å². The van der Waals surface area contributed by atoms with Crippen LogP contribution in [0.25, 0.3) is 0 Å². The average Bonchev–Trinajstić information content (AvgIpc) is 2.91. The number of nitrogens with zero attached hydrogens (tertiary/aromatic N) is 1. The second-order valence-corrected chi connectivity index (χ2v) is 8.01. The van der Waals surface area contributed by atoms with E-state index in [1.165, 1.54) is 5.56 Å². The molecular weight excluding hydrogens is 286 g/mol. The van der Waals surface area contributed by atoms with Gasteiger partial charge >= 0.3 is 0 Å². The first-order valence-electron chi connectivity index (χ1n) is 7.99. The largest absolute Gasteiger partial charge is 0.507 e. The van der Waals surface area contributed by atoms with Gasteiger partial charge in [0.05, 0.1) is 12.8 Å². The maximum atomic E-state index is 10.7. The highest BCUT2D eigenvalue weighted by Gasteiger charge is 2.24. The van der Waals surface area contributed by atoms with Crippen LogP contribution in [0, 0.1) is 0 Å². The first-order valence-corrected chi connectivity index (χ1v) is 7.99. The second-order valence-electron chi connectivity index (χ2n) is 8.01. The normalized spacial score (nSPS) is 13.0. The quantitative estimate of drug-likeness (QED) is 0.792. The van der Waals surface area contributed by atoms with Crippen LogP contribution in [0.4, 0.5) is 0 Å². The Morgan fingerprint density at radius 2 is 1.78 bits per heavy atom. The molecule has 0 bridgehead atoms. The summed E-state index contributed by atoms with van der Waals surface area (Å²) < 4.78 is 5.28. The molecular formula is C20H27NO2. The van der Waals surface area contributed by atoms with Gasteiger partial charge in [-0.25, -0.2) is 0 Å². The maximum Gasteiger partial charge on any atom is 0.128 e. The number of hydrogen-bond acceptors (Lipinski definition) is 3. The molecule has 23 heavy (non-hydrogen) atoms. The van der Waals surface area contributed by atoms with E-state index in [9.17, 15) is 5.11 Å². The number of hydrogen-bond donors (Lipinski definition) is 1. The molecule has 0 amide bonds. The Labute approximate surface area is 139 Å². The van der Waals surface area contributed by atoms with Gasteiger partial charge in [-0.15, -0.1) is 0 Å². The topological polar surface area (TPSA) is 45.7 Å². The third-order valence-electron chi connectivity index (χ3n) is 3.87. The Bertz CT molecular complexity index is 684. The van der Waals surface area contributed by atoms with E-state index in [0.717, 1.165) is 16.9 Å². The number of furan rings is 1. The minimum absolute atomic E-state index is 0.0112. The van der Waals surface area contributed by atoms with Gasteiger partial charge in [0.25, 0.3) is 0 Å². The van der Waals surface area contributed by atoms with E-state index in [2.05, 4.69) is 52.6 Å². The number of phenolic OH excluding ortho intramolecular Hbond substituents is 1. The van der Waals surface area contributed by atoms with Crippen LogP contribution in [0.3, 0.4) is 0 Å². The van der Waals surface area contributed by atoms with Crippen molar-refractivity contribution >= 4 is 6.21 Å². The zero-order chi connectivity index (χ0) is 17.3. The van der Waals surface area contributed by atoms with Gasteiger partial charge < -0.3 is 9.52 Å². The molecule has 2 aromatic rings. The van der Waals surface area contributed by atoms with E-state index in [1.54, 1.807) is 12.5 Å². The van der Waals surface area contributed by atoms with Crippen LogP contribution in [0.5, 0.6) is 5.75 Å². The lowest BCUT2D eigenvalue weighted by molar-refractivity contribution is 0.443. The van der Waals surface area contributed by atoms with Crippen molar-refractivity contribution in [3.05, 3.63) is 53.0 Å². The predicted octanol–water partition coefficient (Wildman–Crippen LogP) is 5.20. The minimum atomic E-state index is -0.130. The van der Waals surface area contributed by atoms with Crippen molar-refractivity contribution in [2.75, 3.05) is 0 Å². The van der Waals surface area contributed by atoms with E-state index in [-0.39, 0.29) is 10.8 Å². The van der Waals surface area contributed by atoms with Gasteiger partial charge in [-0.2, -0.15) is 0 Å². The fourth-order valence-corrected chi connectivity index (χ4v) is 2.40. The van der Waals surface area contributed by atoms with Crippen LogP contribution in [0.1, 0.15) is 64.0 Å². The van der Waals surface area contributed by atoms with Gasteiger partial charge in [-0.3, -0.25) is 4.99 Å². The van der Waals surface area contributed by atoms with Crippen LogP contribution in [-0.2, 0) is 17.4 Å². The summed E-state index contributed by atoms with van der Waals surface area (Å²) in [4.78, 5) is 4.41. The Balaban J connectivity index is 2.43. The summed E-state index contributed by atoms with van der Waals surface area (Å²) in [5, 5.41) is 10.7. The zero-order valence-corrected chi connectivity index (χ0v) is 15.0. The van der Waals surface area contributed by atoms with Crippen molar-refractivity contribution in [1.82, 2.24) is 0 Å². The van der Waals surface area contributed by atoms with Crippen LogP contribution >= 0.6 is 0 Å². The highest BCUT2D eigenvalue weighted by Crippen LogP contribution is 2.37. The Morgan fingerprint density at radius 3 is 2.30 bits per heavy atom. The summed E-state index contributed by atoms with van der Waals surface area (Å²) in [6.45, 7) is 13.3. The molecule has 0 unspecified atom stereocenters. The van der Waals surface area contributed by atoms with E-state index in [1.807, 2.05) is 18.2 Å². The molecule has 0 saturated heterocycles. The van der Waals surface area contributed by atoms with Gasteiger partial charge in [-0.1, -0.05) is 47.6 Å². The van der Waals surface area contributed by atoms with Gasteiger partial charge in [0.15, 0.2) is 0 Å². The SMILES string of the molecule is CC(C)(C)c1cc(C=NCc2ccco2)c(O)c(C(C)(C)C)c1. The number of benzene rings is 1. The number of rotatable bonds is 3. The van der Waals surface area contributed by atoms with E-state index in [4.69, 9.17) is 4.42 Å². The first kappa shape index (κ1) is 17.3. The van der Waals surface area contributed by atoms with Crippen LogP contribution in [-0.4, -0.2) is 11.3 Å². The Kier molecular flexibility index (Phi) is 4.69. The Morgan fingerprint density at radius 1 is 1.09 bits per heavy atom. The van der Waals surface area contributed by atoms with Crippen LogP contribution in [0.15, 0.2) is 39.9 Å². The van der Waals surface area contributed by atoms with Gasteiger partial charge in [0.2, 0.25) is 0 Å². The lowest BCUT2D eigenvalue weighted by Crippen LogP contribution is -2.17. The maximum absolute atomic E-state index is 10.7. The molecule has 0 aliphatic rings. The fraction of sp³-hybridized carbons (Fsp3) is 0.450. The predicted molar refractivity (Wildman–Crippen MR) is 95.5 cm³/mol. The zero-order valence-electron chi connectivity index (χ0n) is 15.0. The molecule has 1 aromatic heterocycles. The summed E-state index contributed by atoms with van der Waals surface area (Å²) in [6.07, 6.45) is 3.38. The van der Waals surface area contributed by atoms with E-state index < -0.39 is 0 Å². The molecule has 2 rings (SSSR count). The summed E-state index contributed by atoms with van der Waals surface area (Å²) in [6, 6.07) is 7.87. The molecule has 124 valence electrons.